The zero-order valence-electron chi connectivity index (χ0n) is 24.7. The van der Waals surface area contributed by atoms with Crippen LogP contribution in [-0.4, -0.2) is 49.5 Å². The van der Waals surface area contributed by atoms with E-state index in [0.717, 1.165) is 0 Å². The van der Waals surface area contributed by atoms with Crippen molar-refractivity contribution < 1.29 is 18.5 Å². The molecule has 26 heavy (non-hydrogen) atoms. The fourth-order valence-electron chi connectivity index (χ4n) is 3.14. The Balaban J connectivity index is 1.97. The summed E-state index contributed by atoms with van der Waals surface area (Å²) in [4.78, 5) is 11.8. The second kappa shape index (κ2) is 8.96. The van der Waals surface area contributed by atoms with Gasteiger partial charge in [-0.15, -0.1) is 0 Å². The van der Waals surface area contributed by atoms with E-state index in [2.05, 4.69) is 5.32 Å². The van der Waals surface area contributed by atoms with Crippen molar-refractivity contribution in [2.75, 3.05) is 37.4 Å². The van der Waals surface area contributed by atoms with E-state index in [0.29, 0.717) is 41.0 Å². The van der Waals surface area contributed by atoms with Crippen molar-refractivity contribution in [3.8, 4) is 0 Å². The summed E-state index contributed by atoms with van der Waals surface area (Å²) >= 11 is 6.33. The standard InChI is InChI=1S/C20H31ClN4O/c1-15-3-2-4-18(19(15)21)25-13-11-24(12-14-25)10-9-16-5-7-17(8-6-16)23-20(22)26/h2-4,16-17H,5-14H2,1H3,(H3,22,23,26)/i9D2,11D2,12D2,13D2,14D2. The Labute approximate surface area is 175 Å². The van der Waals surface area contributed by atoms with Crippen molar-refractivity contribution in [3.63, 3.8) is 0 Å². The van der Waals surface area contributed by atoms with Gasteiger partial charge in [-0.3, -0.25) is 4.90 Å². The molecule has 1 aromatic carbocycles. The van der Waals surface area contributed by atoms with Crippen molar-refractivity contribution in [1.29, 1.82) is 0 Å². The topological polar surface area (TPSA) is 61.6 Å². The minimum absolute atomic E-state index is 0.0399. The van der Waals surface area contributed by atoms with Gasteiger partial charge in [0.2, 0.25) is 0 Å². The number of aryl methyl sites for hydroxylation is 1. The average Bonchev–Trinajstić information content (AvgIpc) is 2.74. The number of anilines is 1. The quantitative estimate of drug-likeness (QED) is 0.812. The first kappa shape index (κ1) is 10.2. The lowest BCUT2D eigenvalue weighted by atomic mass is 9.84. The Hall–Kier alpha value is -1.46. The van der Waals surface area contributed by atoms with Crippen LogP contribution in [0.3, 0.4) is 0 Å². The molecule has 0 aromatic heterocycles. The summed E-state index contributed by atoms with van der Waals surface area (Å²) in [7, 11) is 0. The summed E-state index contributed by atoms with van der Waals surface area (Å²) in [5.74, 6) is -0.643. The molecular weight excluding hydrogens is 348 g/mol. The van der Waals surface area contributed by atoms with E-state index in [9.17, 15) is 4.79 Å². The number of carbonyl (C=O) groups excluding carboxylic acids is 1. The van der Waals surface area contributed by atoms with Crippen LogP contribution in [0.4, 0.5) is 10.5 Å². The first-order chi connectivity index (χ1) is 16.3. The second-order valence-electron chi connectivity index (χ2n) is 6.54. The zero-order chi connectivity index (χ0) is 27.5. The molecule has 5 nitrogen and oxygen atoms in total. The van der Waals surface area contributed by atoms with Crippen LogP contribution in [0.25, 0.3) is 0 Å². The lowest BCUT2D eigenvalue weighted by Crippen LogP contribution is -2.47. The highest BCUT2D eigenvalue weighted by Gasteiger charge is 2.24. The number of rotatable bonds is 5. The Bertz CT molecular complexity index is 973. The first-order valence-electron chi connectivity index (χ1n) is 13.7. The average molecular weight is 389 g/mol. The van der Waals surface area contributed by atoms with Crippen molar-refractivity contribution in [2.45, 2.75) is 45.0 Å². The number of hydrogen-bond acceptors (Lipinski definition) is 3. The molecule has 0 radical (unpaired) electrons. The highest BCUT2D eigenvalue weighted by Crippen LogP contribution is 2.30. The minimum Gasteiger partial charge on any atom is -0.368 e. The van der Waals surface area contributed by atoms with Crippen molar-refractivity contribution >= 4 is 23.3 Å². The summed E-state index contributed by atoms with van der Waals surface area (Å²) in [6.45, 7) is -11.9. The highest BCUT2D eigenvalue weighted by molar-refractivity contribution is 6.34. The van der Waals surface area contributed by atoms with Crippen LogP contribution >= 0.6 is 11.6 Å². The van der Waals surface area contributed by atoms with Gasteiger partial charge in [-0.1, -0.05) is 23.7 Å². The maximum Gasteiger partial charge on any atom is 0.312 e. The van der Waals surface area contributed by atoms with E-state index >= 15 is 0 Å². The molecule has 3 rings (SSSR count). The Morgan fingerprint density at radius 1 is 1.31 bits per heavy atom. The van der Waals surface area contributed by atoms with E-state index in [-0.39, 0.29) is 16.8 Å². The lowest BCUT2D eigenvalue weighted by molar-refractivity contribution is 0.207. The molecule has 1 saturated carbocycles. The van der Waals surface area contributed by atoms with Crippen LogP contribution in [0, 0.1) is 12.8 Å². The molecule has 0 spiro atoms. The number of benzene rings is 1. The summed E-state index contributed by atoms with van der Waals surface area (Å²) < 4.78 is 86.3. The minimum atomic E-state index is -3.16. The van der Waals surface area contributed by atoms with E-state index < -0.39 is 50.9 Å². The van der Waals surface area contributed by atoms with Gasteiger partial charge in [-0.05, 0) is 63.1 Å². The second-order valence-corrected chi connectivity index (χ2v) is 6.92. The van der Waals surface area contributed by atoms with Gasteiger partial charge in [-0.2, -0.15) is 0 Å². The van der Waals surface area contributed by atoms with Crippen LogP contribution in [0.1, 0.15) is 51.3 Å². The molecule has 6 heteroatoms. The van der Waals surface area contributed by atoms with Gasteiger partial charge in [0.1, 0.15) is 0 Å². The van der Waals surface area contributed by atoms with Gasteiger partial charge in [0.05, 0.1) is 16.2 Å². The van der Waals surface area contributed by atoms with Crippen LogP contribution in [-0.2, 0) is 0 Å². The van der Waals surface area contributed by atoms with Crippen molar-refractivity contribution in [2.24, 2.45) is 11.7 Å². The fraction of sp³-hybridized carbons (Fsp3) is 0.650. The first-order valence-corrected chi connectivity index (χ1v) is 9.05. The number of halogens is 1. The Morgan fingerprint density at radius 3 is 2.65 bits per heavy atom. The van der Waals surface area contributed by atoms with Gasteiger partial charge >= 0.3 is 6.03 Å². The van der Waals surface area contributed by atoms with E-state index in [4.69, 9.17) is 31.0 Å². The fourth-order valence-corrected chi connectivity index (χ4v) is 3.35. The molecule has 1 aliphatic carbocycles. The number of nitrogens with one attached hydrogen (secondary N) is 1. The molecular formula is C20H31ClN4O. The maximum absolute atomic E-state index is 11.1. The number of nitrogens with two attached hydrogens (primary N) is 1. The molecule has 0 unspecified atom stereocenters. The summed E-state index contributed by atoms with van der Waals surface area (Å²) in [6.07, 6.45) is -0.721. The van der Waals surface area contributed by atoms with Crippen LogP contribution < -0.4 is 16.0 Å². The third-order valence-corrected chi connectivity index (χ3v) is 5.11. The predicted molar refractivity (Wildman–Crippen MR) is 108 cm³/mol. The highest BCUT2D eigenvalue weighted by atomic mass is 35.5. The molecule has 1 saturated heterocycles. The number of primary amides is 1. The van der Waals surface area contributed by atoms with E-state index in [1.54, 1.807) is 13.0 Å². The molecule has 3 N–H and O–H groups in total. The number of piperazine rings is 1. The Morgan fingerprint density at radius 2 is 2.00 bits per heavy atom. The smallest absolute Gasteiger partial charge is 0.312 e. The monoisotopic (exact) mass is 388 g/mol. The predicted octanol–water partition coefficient (Wildman–Crippen LogP) is 3.39. The number of urea groups is 1. The molecule has 2 fully saturated rings. The molecule has 144 valence electrons. The van der Waals surface area contributed by atoms with Crippen molar-refractivity contribution in [1.82, 2.24) is 10.2 Å². The number of carbonyl (C=O) groups is 1. The van der Waals surface area contributed by atoms with Gasteiger partial charge in [0.15, 0.2) is 0 Å². The molecule has 1 heterocycles. The zero-order valence-corrected chi connectivity index (χ0v) is 15.4. The molecule has 2 amide bonds. The third-order valence-electron chi connectivity index (χ3n) is 4.62. The summed E-state index contributed by atoms with van der Waals surface area (Å²) in [5, 5.41) is 2.54. The van der Waals surface area contributed by atoms with Crippen LogP contribution in [0.5, 0.6) is 0 Å². The molecule has 2 aliphatic rings. The van der Waals surface area contributed by atoms with Crippen LogP contribution in [0.15, 0.2) is 18.2 Å². The molecule has 0 bridgehead atoms. The van der Waals surface area contributed by atoms with Gasteiger partial charge < -0.3 is 16.0 Å². The maximum atomic E-state index is 11.1. The van der Waals surface area contributed by atoms with Crippen molar-refractivity contribution in [3.05, 3.63) is 28.8 Å². The lowest BCUT2D eigenvalue weighted by Gasteiger charge is -2.37. The van der Waals surface area contributed by atoms with Gasteiger partial charge in [0.25, 0.3) is 0 Å². The van der Waals surface area contributed by atoms with Crippen LogP contribution in [0.2, 0.25) is 5.02 Å². The SMILES string of the molecule is [2H]C([2H])(CN1C([2H])([2H])C([2H])([2H])N(c2cccc(C)c2Cl)C([2H])([2H])C1([2H])[2H])C1CCC(NC(N)=O)CC1. The molecule has 0 atom stereocenters. The van der Waals surface area contributed by atoms with Gasteiger partial charge in [-0.25, -0.2) is 4.79 Å². The number of amides is 2. The third kappa shape index (κ3) is 5.04. The number of nitrogens with zero attached hydrogens (tertiary/aromatic N) is 2. The van der Waals surface area contributed by atoms with E-state index in [1.165, 1.54) is 12.1 Å². The molecule has 1 aromatic rings. The van der Waals surface area contributed by atoms with Gasteiger partial charge in [0, 0.05) is 40.3 Å². The summed E-state index contributed by atoms with van der Waals surface area (Å²) in [6, 6.07) is 3.49. The normalized spacial score (nSPS) is 38.5. The Kier molecular flexibility index (Phi) is 3.51. The summed E-state index contributed by atoms with van der Waals surface area (Å²) in [5.41, 5.74) is 5.42. The largest absolute Gasteiger partial charge is 0.368 e. The molecule has 1 aliphatic heterocycles. The van der Waals surface area contributed by atoms with E-state index in [1.807, 2.05) is 0 Å². The number of hydrogen-bond donors (Lipinski definition) is 2.